The van der Waals surface area contributed by atoms with E-state index >= 15 is 0 Å². The van der Waals surface area contributed by atoms with Crippen molar-refractivity contribution in [1.29, 1.82) is 0 Å². The molecule has 0 unspecified atom stereocenters. The maximum absolute atomic E-state index is 12.8. The molecule has 9 heteroatoms. The lowest BCUT2D eigenvalue weighted by molar-refractivity contribution is -0.144. The van der Waals surface area contributed by atoms with Crippen molar-refractivity contribution in [2.24, 2.45) is 5.92 Å². The summed E-state index contributed by atoms with van der Waals surface area (Å²) >= 11 is 0. The van der Waals surface area contributed by atoms with E-state index in [1.807, 2.05) is 20.8 Å². The van der Waals surface area contributed by atoms with Crippen molar-refractivity contribution >= 4 is 18.1 Å². The SMILES string of the molecule is CC(C)[C@@H](C(=O)O)N(C)C(=O)N1CCC2(CC1)CN(C(=O)OC(C)(C)C)CCO2. The van der Waals surface area contributed by atoms with Crippen molar-refractivity contribution in [3.63, 3.8) is 0 Å². The first-order chi connectivity index (χ1) is 13.4. The number of ether oxygens (including phenoxy) is 2. The van der Waals surface area contributed by atoms with Crippen LogP contribution in [0.5, 0.6) is 0 Å². The predicted octanol–water partition coefficient (Wildman–Crippen LogP) is 2.25. The minimum Gasteiger partial charge on any atom is -0.480 e. The number of carbonyl (C=O) groups is 3. The van der Waals surface area contributed by atoms with Gasteiger partial charge in [-0.15, -0.1) is 0 Å². The standard InChI is InChI=1S/C20H35N3O6/c1-14(2)15(16(24)25)21(6)17(26)22-9-7-20(8-10-22)13-23(11-12-28-20)18(27)29-19(3,4)5/h14-15H,7-13H2,1-6H3,(H,24,25)/t15-/m0/s1. The van der Waals surface area contributed by atoms with Gasteiger partial charge in [0.05, 0.1) is 18.8 Å². The van der Waals surface area contributed by atoms with Crippen LogP contribution < -0.4 is 0 Å². The number of carboxylic acids is 1. The normalized spacial score (nSPS) is 20.5. The predicted molar refractivity (Wildman–Crippen MR) is 107 cm³/mol. The summed E-state index contributed by atoms with van der Waals surface area (Å²) < 4.78 is 11.5. The Hall–Kier alpha value is -2.03. The number of piperidine rings is 1. The van der Waals surface area contributed by atoms with Gasteiger partial charge in [0.25, 0.3) is 0 Å². The molecular weight excluding hydrogens is 378 g/mol. The summed E-state index contributed by atoms with van der Waals surface area (Å²) in [6, 6.07) is -1.16. The zero-order valence-electron chi connectivity index (χ0n) is 18.4. The molecule has 2 rings (SSSR count). The lowest BCUT2D eigenvalue weighted by Crippen LogP contribution is -2.60. The van der Waals surface area contributed by atoms with E-state index in [-0.39, 0.29) is 18.0 Å². The van der Waals surface area contributed by atoms with E-state index in [0.29, 0.717) is 45.6 Å². The molecule has 2 fully saturated rings. The number of carbonyl (C=O) groups excluding carboxylic acids is 2. The van der Waals surface area contributed by atoms with E-state index < -0.39 is 23.2 Å². The molecule has 0 aromatic rings. The van der Waals surface area contributed by atoms with Crippen molar-refractivity contribution in [3.05, 3.63) is 0 Å². The highest BCUT2D eigenvalue weighted by atomic mass is 16.6. The minimum absolute atomic E-state index is 0.193. The van der Waals surface area contributed by atoms with Gasteiger partial charge in [-0.2, -0.15) is 0 Å². The molecule has 166 valence electrons. The van der Waals surface area contributed by atoms with Crippen LogP contribution in [0.25, 0.3) is 0 Å². The van der Waals surface area contributed by atoms with Crippen molar-refractivity contribution in [1.82, 2.24) is 14.7 Å². The fourth-order valence-electron chi connectivity index (χ4n) is 3.98. The fourth-order valence-corrected chi connectivity index (χ4v) is 3.98. The third kappa shape index (κ3) is 5.74. The smallest absolute Gasteiger partial charge is 0.410 e. The Balaban J connectivity index is 1.97. The molecule has 0 radical (unpaired) electrons. The summed E-state index contributed by atoms with van der Waals surface area (Å²) in [4.78, 5) is 41.4. The second kappa shape index (κ2) is 8.77. The van der Waals surface area contributed by atoms with Crippen molar-refractivity contribution in [2.45, 2.75) is 64.7 Å². The molecule has 1 N–H and O–H groups in total. The lowest BCUT2D eigenvalue weighted by Gasteiger charge is -2.47. The van der Waals surface area contributed by atoms with Gasteiger partial charge in [-0.25, -0.2) is 14.4 Å². The first-order valence-electron chi connectivity index (χ1n) is 10.2. The molecule has 1 atom stereocenters. The third-order valence-electron chi connectivity index (χ3n) is 5.45. The average Bonchev–Trinajstić information content (AvgIpc) is 2.60. The lowest BCUT2D eigenvalue weighted by atomic mass is 9.89. The molecule has 0 aliphatic carbocycles. The number of carboxylic acid groups (broad SMARTS) is 1. The summed E-state index contributed by atoms with van der Waals surface area (Å²) in [6.07, 6.45) is 0.830. The number of likely N-dealkylation sites (N-methyl/N-ethyl adjacent to an activating group) is 1. The van der Waals surface area contributed by atoms with Gasteiger partial charge < -0.3 is 29.3 Å². The summed E-state index contributed by atoms with van der Waals surface area (Å²) in [5, 5.41) is 9.44. The molecule has 0 bridgehead atoms. The molecule has 2 heterocycles. The fraction of sp³-hybridized carbons (Fsp3) is 0.850. The molecule has 2 aliphatic rings. The van der Waals surface area contributed by atoms with Gasteiger partial charge in [0, 0.05) is 26.7 Å². The Bertz CT molecular complexity index is 622. The monoisotopic (exact) mass is 413 g/mol. The highest BCUT2D eigenvalue weighted by Crippen LogP contribution is 2.31. The number of hydrogen-bond donors (Lipinski definition) is 1. The first kappa shape index (κ1) is 23.3. The van der Waals surface area contributed by atoms with Crippen molar-refractivity contribution in [3.8, 4) is 0 Å². The van der Waals surface area contributed by atoms with Crippen molar-refractivity contribution < 1.29 is 29.0 Å². The number of aliphatic carboxylic acids is 1. The highest BCUT2D eigenvalue weighted by Gasteiger charge is 2.43. The number of rotatable bonds is 3. The molecule has 1 spiro atoms. The third-order valence-corrected chi connectivity index (χ3v) is 5.45. The highest BCUT2D eigenvalue weighted by molar-refractivity contribution is 5.82. The van der Waals surface area contributed by atoms with Gasteiger partial charge in [-0.1, -0.05) is 13.8 Å². The summed E-state index contributed by atoms with van der Waals surface area (Å²) in [5.41, 5.74) is -1.05. The maximum Gasteiger partial charge on any atom is 0.410 e. The molecule has 0 saturated carbocycles. The van der Waals surface area contributed by atoms with Crippen LogP contribution in [0, 0.1) is 5.92 Å². The second-order valence-corrected chi connectivity index (χ2v) is 9.34. The van der Waals surface area contributed by atoms with E-state index in [2.05, 4.69) is 0 Å². The largest absolute Gasteiger partial charge is 0.480 e. The van der Waals surface area contributed by atoms with Crippen LogP contribution in [-0.2, 0) is 14.3 Å². The molecule has 3 amide bonds. The number of likely N-dealkylation sites (tertiary alicyclic amines) is 1. The molecule has 0 aromatic heterocycles. The zero-order chi connectivity index (χ0) is 22.0. The van der Waals surface area contributed by atoms with Gasteiger partial charge in [0.1, 0.15) is 11.6 Å². The quantitative estimate of drug-likeness (QED) is 0.762. The van der Waals surface area contributed by atoms with Crippen LogP contribution >= 0.6 is 0 Å². The van der Waals surface area contributed by atoms with Gasteiger partial charge in [-0.3, -0.25) is 0 Å². The molecule has 0 aromatic carbocycles. The summed E-state index contributed by atoms with van der Waals surface area (Å²) in [6.45, 7) is 11.3. The van der Waals surface area contributed by atoms with Crippen LogP contribution in [-0.4, -0.2) is 95.0 Å². The van der Waals surface area contributed by atoms with E-state index in [1.165, 1.54) is 11.9 Å². The van der Waals surface area contributed by atoms with Crippen LogP contribution in [0.3, 0.4) is 0 Å². The maximum atomic E-state index is 12.8. The Morgan fingerprint density at radius 3 is 2.17 bits per heavy atom. The summed E-state index contributed by atoms with van der Waals surface area (Å²) in [5.74, 6) is -1.20. The van der Waals surface area contributed by atoms with E-state index in [9.17, 15) is 19.5 Å². The van der Waals surface area contributed by atoms with Gasteiger partial charge in [-0.05, 0) is 39.5 Å². The van der Waals surface area contributed by atoms with E-state index in [1.54, 1.807) is 23.6 Å². The first-order valence-corrected chi connectivity index (χ1v) is 10.2. The van der Waals surface area contributed by atoms with E-state index in [0.717, 1.165) is 0 Å². The molecule has 2 aliphatic heterocycles. The number of amides is 3. The number of hydrogen-bond acceptors (Lipinski definition) is 5. The Morgan fingerprint density at radius 1 is 1.10 bits per heavy atom. The Kier molecular flexibility index (Phi) is 7.03. The van der Waals surface area contributed by atoms with Crippen LogP contribution in [0.1, 0.15) is 47.5 Å². The summed E-state index contributed by atoms with van der Waals surface area (Å²) in [7, 11) is 1.53. The average molecular weight is 414 g/mol. The van der Waals surface area contributed by atoms with Gasteiger partial charge >= 0.3 is 18.1 Å². The number of nitrogens with zero attached hydrogens (tertiary/aromatic N) is 3. The topological polar surface area (TPSA) is 99.6 Å². The van der Waals surface area contributed by atoms with Gasteiger partial charge in [0.2, 0.25) is 0 Å². The Labute approximate surface area is 172 Å². The molecular formula is C20H35N3O6. The molecule has 29 heavy (non-hydrogen) atoms. The number of urea groups is 1. The zero-order valence-corrected chi connectivity index (χ0v) is 18.4. The number of morpholine rings is 1. The van der Waals surface area contributed by atoms with Gasteiger partial charge in [0.15, 0.2) is 0 Å². The van der Waals surface area contributed by atoms with Crippen molar-refractivity contribution in [2.75, 3.05) is 39.8 Å². The second-order valence-electron chi connectivity index (χ2n) is 9.34. The van der Waals surface area contributed by atoms with Crippen LogP contribution in [0.15, 0.2) is 0 Å². The van der Waals surface area contributed by atoms with Crippen LogP contribution in [0.2, 0.25) is 0 Å². The molecule has 2 saturated heterocycles. The molecule has 9 nitrogen and oxygen atoms in total. The van der Waals surface area contributed by atoms with E-state index in [4.69, 9.17) is 9.47 Å². The van der Waals surface area contributed by atoms with Crippen LogP contribution in [0.4, 0.5) is 9.59 Å². The minimum atomic E-state index is -1.01. The Morgan fingerprint density at radius 2 is 1.69 bits per heavy atom.